The number of esters is 2. The fourth-order valence-electron chi connectivity index (χ4n) is 10.0. The lowest BCUT2D eigenvalue weighted by atomic mass is 9.89. The van der Waals surface area contributed by atoms with Gasteiger partial charge >= 0.3 is 27.6 Å². The molecule has 0 unspecified atom stereocenters. The van der Waals surface area contributed by atoms with Gasteiger partial charge < -0.3 is 100.0 Å². The average Bonchev–Trinajstić information content (AvgIpc) is 0.869. The Bertz CT molecular complexity index is 3710. The van der Waals surface area contributed by atoms with Crippen LogP contribution in [0.2, 0.25) is 0 Å². The van der Waals surface area contributed by atoms with Crippen molar-refractivity contribution in [1.29, 1.82) is 0 Å². The number of phosphoric ester groups is 2. The van der Waals surface area contributed by atoms with Crippen LogP contribution in [0.1, 0.15) is 322 Å². The van der Waals surface area contributed by atoms with E-state index < -0.39 is 58.7 Å². The predicted octanol–water partition coefficient (Wildman–Crippen LogP) is 12.3. The number of Topliss-reactive ketones (excluding diaryl/α,β-unsaturated/α-hetero) is 2. The molecule has 0 aliphatic carbocycles. The molecule has 138 heavy (non-hydrogen) atoms. The highest BCUT2D eigenvalue weighted by Crippen LogP contribution is 2.36. The second-order valence-corrected chi connectivity index (χ2v) is 45.5. The Labute approximate surface area is 833 Å². The van der Waals surface area contributed by atoms with Crippen LogP contribution in [-0.4, -0.2) is 284 Å². The summed E-state index contributed by atoms with van der Waals surface area (Å²) in [5.41, 5.74) is 8.79. The third kappa shape index (κ3) is 84.8. The van der Waals surface area contributed by atoms with Crippen molar-refractivity contribution in [2.45, 2.75) is 322 Å². The molecule has 0 spiro atoms. The van der Waals surface area contributed by atoms with Crippen molar-refractivity contribution in [2.75, 3.05) is 170 Å². The van der Waals surface area contributed by atoms with E-state index in [2.05, 4.69) is 82.0 Å². The molecule has 14 N–H and O–H groups in total. The van der Waals surface area contributed by atoms with Gasteiger partial charge in [-0.3, -0.25) is 57.0 Å². The molecule has 0 saturated heterocycles. The molecule has 0 aliphatic rings. The fourth-order valence-corrected chi connectivity index (χ4v) is 11.8. The van der Waals surface area contributed by atoms with Crippen molar-refractivity contribution >= 4 is 94.8 Å². The summed E-state index contributed by atoms with van der Waals surface area (Å²) in [5, 5.41) is 17.4. The highest BCUT2D eigenvalue weighted by molar-refractivity contribution is 7.85. The first-order chi connectivity index (χ1) is 63.0. The average molecular weight is 2060 g/mol. The molecule has 0 bridgehead atoms. The molecule has 0 fully saturated rings. The lowest BCUT2D eigenvalue weighted by molar-refractivity contribution is -0.925. The number of rotatable bonds is 66. The van der Waals surface area contributed by atoms with Crippen LogP contribution < -0.4 is 43.4 Å². The fraction of sp³-hybridized carbons (Fsp3) is 0.854. The number of hydrogen-bond acceptors (Lipinski definition) is 26. The van der Waals surface area contributed by atoms with E-state index in [0.29, 0.717) is 115 Å². The molecule has 0 rings (SSSR count). The Morgan fingerprint density at radius 2 is 0.630 bits per heavy atom. The Morgan fingerprint density at radius 3 is 0.928 bits per heavy atom. The Hall–Kier alpha value is -5.62. The molecule has 38 nitrogen and oxygen atoms in total. The SMILES string of the molecule is C=C(C)C(=O)CCCCCNC(=O)C(C)(C)CC.C=C(C)C(=O)COCCOCCNC(=O)C(C)(C)CC.CCC(C)(C)C(=O)NCCCCN.CCC(C)(C)C(=O)NCCC[N+](C)(C)CCCCS(=O)(=O)[O-].CCC(C)(C)C(=O)NCCC[N+](CC)(CC)CCCCS(=O)(=O)[O-].CCC(C)(C)C(=O)NCCN.CCC(C)(C)C(=O)OCCOP(=O)(O)O.CCC(C)(C)C(=O)OCCOP(=O)(O)O. The summed E-state index contributed by atoms with van der Waals surface area (Å²) in [6.45, 7) is 71.6. The number of hydrogen-bond donors (Lipinski definition) is 12. The molecule has 0 aromatic rings. The molecule has 0 aromatic carbocycles. The first-order valence-electron chi connectivity index (χ1n) is 48.9. The lowest BCUT2D eigenvalue weighted by Crippen LogP contribution is -2.50. The van der Waals surface area contributed by atoms with E-state index in [1.165, 1.54) is 0 Å². The Kier molecular flexibility index (Phi) is 82.3. The van der Waals surface area contributed by atoms with Crippen molar-refractivity contribution < 1.29 is 140 Å². The predicted molar refractivity (Wildman–Crippen MR) is 545 cm³/mol. The molecule has 0 atom stereocenters. The number of allylic oxidation sites excluding steroid dienone is 1. The van der Waals surface area contributed by atoms with Crippen LogP contribution in [0.25, 0.3) is 0 Å². The molecule has 0 aromatic heterocycles. The summed E-state index contributed by atoms with van der Waals surface area (Å²) >= 11 is 0. The number of ether oxygens (including phenoxy) is 4. The van der Waals surface area contributed by atoms with Crippen molar-refractivity contribution in [3.8, 4) is 0 Å². The summed E-state index contributed by atoms with van der Waals surface area (Å²) in [5.74, 6) is -0.758. The molecule has 820 valence electrons. The first-order valence-corrected chi connectivity index (χ1v) is 55.1. The van der Waals surface area contributed by atoms with Gasteiger partial charge in [0.25, 0.3) is 0 Å². The minimum absolute atomic E-state index is 0.0342. The number of nitrogens with one attached hydrogen (secondary N) is 6. The summed E-state index contributed by atoms with van der Waals surface area (Å²) in [6.07, 6.45) is 15.6. The molecular formula is C96H196N10O28P2S2. The minimum atomic E-state index is -4.46. The summed E-state index contributed by atoms with van der Waals surface area (Å²) in [7, 11) is -13.0. The van der Waals surface area contributed by atoms with Gasteiger partial charge in [0.15, 0.2) is 11.6 Å². The van der Waals surface area contributed by atoms with Crippen LogP contribution in [0.5, 0.6) is 0 Å². The van der Waals surface area contributed by atoms with Crippen molar-refractivity contribution in [3.63, 3.8) is 0 Å². The minimum Gasteiger partial charge on any atom is -0.748 e. The number of amides is 6. The molecule has 0 aliphatic heterocycles. The van der Waals surface area contributed by atoms with Crippen LogP contribution >= 0.6 is 15.6 Å². The van der Waals surface area contributed by atoms with E-state index in [1.54, 1.807) is 41.5 Å². The highest BCUT2D eigenvalue weighted by atomic mass is 32.2. The van der Waals surface area contributed by atoms with E-state index >= 15 is 0 Å². The van der Waals surface area contributed by atoms with E-state index in [0.717, 1.165) is 145 Å². The van der Waals surface area contributed by atoms with E-state index in [1.807, 2.05) is 138 Å². The maximum absolute atomic E-state index is 12.1. The normalized spacial score (nSPS) is 12.2. The standard InChI is InChI=1S/C17H36N2O4S.C15H32N2O4S.C15H27NO4.C15H27NO2.C10H22N2O.C8H18N2O.2C8H17O6P/c1-6-17(4,5)16(20)18-12-11-14-19(7-2,8-3)13-9-10-15-24(21,22)23;1-6-15(2,3)14(18)16-10-9-12-17(4,5)11-7-8-13-22(19,20)21;1-6-15(4,5)14(18)16-7-8-19-9-10-20-11-13(17)12(2)3;1-6-15(4,5)14(18)16-11-9-7-8-10-13(17)12(2)3;1-4-10(2,3)9(13)12-8-6-5-7-11;1-4-8(2,3)7(11)10-6-5-9;2*1-4-8(2,3)7(9)13-5-6-14-15(10,11)12/h6-15H2,1-5H3,(H-,18,20,21,22,23);6-13H2,1-5H3,(H-,16,18,19,20,21);2,6-11H2,1,3-5H3,(H,16,18);2,6-11H2,1,3-5H3,(H,16,18);4-8,11H2,1-3H3,(H,12,13);4-6,9H2,1-3H3,(H,10,11);2*4-6H2,1-3H3,(H2,10,11,12). The number of nitrogens with zero attached hydrogens (tertiary/aromatic N) is 2. The molecule has 6 amide bonds. The van der Waals surface area contributed by atoms with Gasteiger partial charge in [-0.15, -0.1) is 0 Å². The summed E-state index contributed by atoms with van der Waals surface area (Å²) < 4.78 is 114. The second-order valence-electron chi connectivity index (χ2n) is 40.0. The largest absolute Gasteiger partial charge is 0.748 e. The third-order valence-electron chi connectivity index (χ3n) is 24.2. The van der Waals surface area contributed by atoms with Gasteiger partial charge in [0.2, 0.25) is 35.4 Å². The number of carbonyl (C=O) groups excluding carboxylic acids is 10. The lowest BCUT2D eigenvalue weighted by Gasteiger charge is -2.37. The van der Waals surface area contributed by atoms with E-state index in [9.17, 15) is 83.0 Å². The summed E-state index contributed by atoms with van der Waals surface area (Å²) in [6, 6.07) is 0. The number of carbonyl (C=O) groups is 10. The number of nitrogens with two attached hydrogens (primary N) is 2. The van der Waals surface area contributed by atoms with Gasteiger partial charge in [-0.2, -0.15) is 0 Å². The van der Waals surface area contributed by atoms with Gasteiger partial charge in [-0.25, -0.2) is 26.0 Å². The summed E-state index contributed by atoms with van der Waals surface area (Å²) in [4.78, 5) is 149. The van der Waals surface area contributed by atoms with Crippen molar-refractivity contribution in [1.82, 2.24) is 31.9 Å². The number of ketones is 2. The monoisotopic (exact) mass is 2060 g/mol. The maximum Gasteiger partial charge on any atom is 0.469 e. The molecule has 0 heterocycles. The zero-order valence-electron chi connectivity index (χ0n) is 90.9. The van der Waals surface area contributed by atoms with E-state index in [4.69, 9.17) is 50.0 Å². The van der Waals surface area contributed by atoms with E-state index in [-0.39, 0.29) is 124 Å². The van der Waals surface area contributed by atoms with Gasteiger partial charge in [-0.05, 0) is 176 Å². The van der Waals surface area contributed by atoms with Gasteiger partial charge in [0, 0.05) is 109 Å². The van der Waals surface area contributed by atoms with Gasteiger partial charge in [0.05, 0.1) is 117 Å². The molecule has 0 saturated carbocycles. The Balaban J connectivity index is -0.000000236. The van der Waals surface area contributed by atoms with Crippen LogP contribution in [0.15, 0.2) is 24.3 Å². The molecule has 0 radical (unpaired) electrons. The zero-order chi connectivity index (χ0) is 110. The van der Waals surface area contributed by atoms with Crippen molar-refractivity contribution in [2.24, 2.45) is 54.8 Å². The van der Waals surface area contributed by atoms with Crippen LogP contribution in [0.4, 0.5) is 0 Å². The molecular weight excluding hydrogens is 1870 g/mol. The number of unbranched alkanes of at least 4 members (excludes halogenated alkanes) is 5. The van der Waals surface area contributed by atoms with Crippen LogP contribution in [0, 0.1) is 43.3 Å². The van der Waals surface area contributed by atoms with Crippen LogP contribution in [0.3, 0.4) is 0 Å². The number of quaternary nitrogens is 2. The Morgan fingerprint density at radius 1 is 0.348 bits per heavy atom. The van der Waals surface area contributed by atoms with Crippen molar-refractivity contribution in [3.05, 3.63) is 24.3 Å². The second kappa shape index (κ2) is 76.9. The maximum atomic E-state index is 12.1. The first kappa shape index (κ1) is 148. The zero-order valence-corrected chi connectivity index (χ0v) is 94.3. The quantitative estimate of drug-likeness (QED) is 0.00672. The van der Waals surface area contributed by atoms with Crippen LogP contribution in [-0.2, 0) is 105 Å². The van der Waals surface area contributed by atoms with Gasteiger partial charge in [0.1, 0.15) is 19.8 Å². The van der Waals surface area contributed by atoms with Gasteiger partial charge in [-0.1, -0.05) is 158 Å². The third-order valence-corrected chi connectivity index (χ3v) is 26.8. The topological polar surface area (TPSA) is 580 Å². The smallest absolute Gasteiger partial charge is 0.469 e. The highest BCUT2D eigenvalue weighted by Gasteiger charge is 2.33. The number of phosphoric acid groups is 2. The molecule has 42 heteroatoms.